The van der Waals surface area contributed by atoms with Crippen LogP contribution in [0.25, 0.3) is 0 Å². The van der Waals surface area contributed by atoms with Gasteiger partial charge in [-0.2, -0.15) is 0 Å². The maximum Gasteiger partial charge on any atom is 0.264 e. The normalized spacial score (nSPS) is 11.2. The summed E-state index contributed by atoms with van der Waals surface area (Å²) in [6.07, 6.45) is 0. The number of ether oxygens (including phenoxy) is 1. The molecule has 0 saturated carbocycles. The van der Waals surface area contributed by atoms with Crippen LogP contribution < -0.4 is 4.74 Å². The van der Waals surface area contributed by atoms with Crippen LogP contribution in [0, 0.1) is 5.82 Å². The molecule has 20 heavy (non-hydrogen) atoms. The Morgan fingerprint density at radius 3 is 2.60 bits per heavy atom. The third kappa shape index (κ3) is 4.32. The number of carbonyl (C=O) groups is 1. The number of likely N-dealkylation sites (N-methyl/N-ethyl adjacent to an activating group) is 1. The molecule has 0 atom stereocenters. The average molecular weight is 389 g/mol. The van der Waals surface area contributed by atoms with E-state index in [-0.39, 0.29) is 22.7 Å². The van der Waals surface area contributed by atoms with E-state index in [1.54, 1.807) is 14.0 Å². The molecule has 0 heterocycles. The van der Waals surface area contributed by atoms with Crippen molar-refractivity contribution in [1.82, 2.24) is 4.90 Å². The number of nitrogens with zero attached hydrogens (tertiary/aromatic N) is 1. The fraction of sp³-hybridized carbons (Fsp3) is 0.364. The van der Waals surface area contributed by atoms with Gasteiger partial charge in [-0.15, -0.1) is 0 Å². The molecule has 0 radical (unpaired) electrons. The summed E-state index contributed by atoms with van der Waals surface area (Å²) >= 11 is 3.04. The molecule has 0 spiro atoms. The molecule has 0 aromatic heterocycles. The quantitative estimate of drug-likeness (QED) is 0.727. The summed E-state index contributed by atoms with van der Waals surface area (Å²) in [7, 11) is 2.50. The van der Waals surface area contributed by atoms with E-state index in [1.165, 1.54) is 4.90 Å². The Hall–Kier alpha value is -0.860. The van der Waals surface area contributed by atoms with Crippen molar-refractivity contribution < 1.29 is 22.3 Å². The van der Waals surface area contributed by atoms with Crippen LogP contribution in [0.1, 0.15) is 6.92 Å². The average Bonchev–Trinajstić information content (AvgIpc) is 2.36. The number of rotatable bonds is 5. The second-order valence-corrected chi connectivity index (χ2v) is 7.24. The van der Waals surface area contributed by atoms with Crippen LogP contribution >= 0.6 is 26.6 Å². The van der Waals surface area contributed by atoms with Gasteiger partial charge in [0.2, 0.25) is 0 Å². The molecule has 1 aromatic carbocycles. The first kappa shape index (κ1) is 17.2. The third-order valence-corrected chi connectivity index (χ3v) is 4.46. The zero-order chi connectivity index (χ0) is 15.5. The Morgan fingerprint density at radius 2 is 2.10 bits per heavy atom. The molecule has 0 aliphatic heterocycles. The van der Waals surface area contributed by atoms with E-state index < -0.39 is 19.8 Å². The first-order chi connectivity index (χ1) is 9.16. The van der Waals surface area contributed by atoms with Gasteiger partial charge < -0.3 is 9.64 Å². The fourth-order valence-corrected chi connectivity index (χ4v) is 2.75. The zero-order valence-electron chi connectivity index (χ0n) is 10.7. The largest absolute Gasteiger partial charge is 0.482 e. The van der Waals surface area contributed by atoms with E-state index in [9.17, 15) is 17.6 Å². The van der Waals surface area contributed by atoms with Gasteiger partial charge in [0, 0.05) is 30.3 Å². The fourth-order valence-electron chi connectivity index (χ4n) is 1.23. The lowest BCUT2D eigenvalue weighted by Crippen LogP contribution is -2.31. The topological polar surface area (TPSA) is 63.7 Å². The summed E-state index contributed by atoms with van der Waals surface area (Å²) < 4.78 is 41.2. The van der Waals surface area contributed by atoms with E-state index in [4.69, 9.17) is 15.4 Å². The predicted molar refractivity (Wildman–Crippen MR) is 75.9 cm³/mol. The lowest BCUT2D eigenvalue weighted by atomic mass is 10.3. The van der Waals surface area contributed by atoms with Crippen LogP contribution in [0.4, 0.5) is 4.39 Å². The van der Waals surface area contributed by atoms with Crippen molar-refractivity contribution in [1.29, 1.82) is 0 Å². The molecule has 9 heteroatoms. The maximum absolute atomic E-state index is 13.6. The lowest BCUT2D eigenvalue weighted by molar-refractivity contribution is -0.131. The molecule has 5 nitrogen and oxygen atoms in total. The summed E-state index contributed by atoms with van der Waals surface area (Å²) in [6.45, 7) is 2.03. The molecular weight excluding hydrogens is 377 g/mol. The van der Waals surface area contributed by atoms with Gasteiger partial charge >= 0.3 is 0 Å². The summed E-state index contributed by atoms with van der Waals surface area (Å²) in [5, 5.41) is 0. The highest BCUT2D eigenvalue weighted by Gasteiger charge is 2.20. The van der Waals surface area contributed by atoms with Gasteiger partial charge in [-0.3, -0.25) is 4.79 Å². The van der Waals surface area contributed by atoms with Gasteiger partial charge in [0.05, 0.1) is 4.47 Å². The minimum atomic E-state index is -4.18. The summed E-state index contributed by atoms with van der Waals surface area (Å²) in [6, 6.07) is 1.85. The van der Waals surface area contributed by atoms with Gasteiger partial charge in [-0.25, -0.2) is 12.8 Å². The third-order valence-electron chi connectivity index (χ3n) is 2.50. The lowest BCUT2D eigenvalue weighted by Gasteiger charge is -2.15. The highest BCUT2D eigenvalue weighted by Crippen LogP contribution is 2.31. The van der Waals surface area contributed by atoms with Gasteiger partial charge in [-0.05, 0) is 28.9 Å². The molecule has 1 amide bonds. The highest BCUT2D eigenvalue weighted by molar-refractivity contribution is 9.10. The van der Waals surface area contributed by atoms with Crippen molar-refractivity contribution >= 4 is 41.6 Å². The van der Waals surface area contributed by atoms with Crippen LogP contribution in [0.15, 0.2) is 21.5 Å². The number of halogens is 3. The van der Waals surface area contributed by atoms with Crippen LogP contribution in [-0.2, 0) is 13.8 Å². The van der Waals surface area contributed by atoms with E-state index in [1.807, 2.05) is 0 Å². The second-order valence-electron chi connectivity index (χ2n) is 3.85. The second kappa shape index (κ2) is 6.73. The number of hydrogen-bond donors (Lipinski definition) is 0. The molecule has 0 aliphatic carbocycles. The van der Waals surface area contributed by atoms with E-state index in [0.717, 1.165) is 12.1 Å². The molecule has 112 valence electrons. The zero-order valence-corrected chi connectivity index (χ0v) is 13.8. The molecule has 0 N–H and O–H groups in total. The molecule has 0 aliphatic rings. The number of benzene rings is 1. The number of hydrogen-bond acceptors (Lipinski definition) is 4. The SMILES string of the molecule is CCN(C)C(=O)COc1cc(F)c(S(=O)(=O)Cl)cc1Br. The van der Waals surface area contributed by atoms with Crippen molar-refractivity contribution in [2.45, 2.75) is 11.8 Å². The molecule has 1 aromatic rings. The highest BCUT2D eigenvalue weighted by atomic mass is 79.9. The van der Waals surface area contributed by atoms with Crippen LogP contribution in [0.2, 0.25) is 0 Å². The van der Waals surface area contributed by atoms with Gasteiger partial charge in [0.25, 0.3) is 15.0 Å². The van der Waals surface area contributed by atoms with Gasteiger partial charge in [-0.1, -0.05) is 0 Å². The monoisotopic (exact) mass is 387 g/mol. The Morgan fingerprint density at radius 1 is 1.50 bits per heavy atom. The van der Waals surface area contributed by atoms with Crippen molar-refractivity contribution in [3.05, 3.63) is 22.4 Å². The molecule has 0 bridgehead atoms. The number of carbonyl (C=O) groups excluding carboxylic acids is 1. The Balaban J connectivity index is 2.94. The molecular formula is C11H12BrClFNO4S. The molecule has 0 saturated heterocycles. The predicted octanol–water partition coefficient (Wildman–Crippen LogP) is 2.37. The van der Waals surface area contributed by atoms with Crippen LogP contribution in [0.3, 0.4) is 0 Å². The summed E-state index contributed by atoms with van der Waals surface area (Å²) in [5.41, 5.74) is 0. The van der Waals surface area contributed by atoms with Crippen molar-refractivity contribution in [3.8, 4) is 5.75 Å². The summed E-state index contributed by atoms with van der Waals surface area (Å²) in [5.74, 6) is -1.31. The molecule has 0 fully saturated rings. The Kier molecular flexibility index (Phi) is 5.79. The van der Waals surface area contributed by atoms with E-state index in [2.05, 4.69) is 15.9 Å². The van der Waals surface area contributed by atoms with E-state index in [0.29, 0.717) is 6.54 Å². The number of amides is 1. The minimum Gasteiger partial charge on any atom is -0.482 e. The van der Waals surface area contributed by atoms with Crippen LogP contribution in [-0.4, -0.2) is 39.4 Å². The summed E-state index contributed by atoms with van der Waals surface area (Å²) in [4.78, 5) is 12.3. The van der Waals surface area contributed by atoms with Crippen molar-refractivity contribution in [2.75, 3.05) is 20.2 Å². The first-order valence-corrected chi connectivity index (χ1v) is 8.57. The Bertz CT molecular complexity index is 623. The molecule has 1 rings (SSSR count). The van der Waals surface area contributed by atoms with Crippen molar-refractivity contribution in [3.63, 3.8) is 0 Å². The molecule has 0 unspecified atom stereocenters. The maximum atomic E-state index is 13.6. The standard InChI is InChI=1S/C11H12BrClFNO4S/c1-3-15(2)11(16)6-19-9-5-8(14)10(4-7(9)12)20(13,17)18/h4-5H,3,6H2,1-2H3. The van der Waals surface area contributed by atoms with Crippen molar-refractivity contribution in [2.24, 2.45) is 0 Å². The van der Waals surface area contributed by atoms with E-state index >= 15 is 0 Å². The minimum absolute atomic E-state index is 0.0180. The van der Waals surface area contributed by atoms with Gasteiger partial charge in [0.15, 0.2) is 6.61 Å². The van der Waals surface area contributed by atoms with Crippen LogP contribution in [0.5, 0.6) is 5.75 Å². The smallest absolute Gasteiger partial charge is 0.264 e. The first-order valence-electron chi connectivity index (χ1n) is 5.47. The van der Waals surface area contributed by atoms with Gasteiger partial charge in [0.1, 0.15) is 16.5 Å². The Labute approximate surface area is 129 Å².